The van der Waals surface area contributed by atoms with E-state index in [1.165, 1.54) is 5.56 Å². The Kier molecular flexibility index (Phi) is 4.70. The lowest BCUT2D eigenvalue weighted by Crippen LogP contribution is -2.45. The van der Waals surface area contributed by atoms with Crippen LogP contribution in [0.15, 0.2) is 65.9 Å². The smallest absolute Gasteiger partial charge is 0.319 e. The molecular formula is C21H22N2O2. The fourth-order valence-electron chi connectivity index (χ4n) is 3.06. The molecule has 0 fully saturated rings. The summed E-state index contributed by atoms with van der Waals surface area (Å²) in [5.74, 6) is 0.350. The fourth-order valence-corrected chi connectivity index (χ4v) is 3.06. The van der Waals surface area contributed by atoms with Crippen molar-refractivity contribution < 1.29 is 9.59 Å². The molecule has 128 valence electrons. The van der Waals surface area contributed by atoms with Gasteiger partial charge in [0.1, 0.15) is 0 Å². The standard InChI is InChI=1S/C21H22N2O2/c1-13(2)15-9-11-16(12-10-15)19-18(14(3)22-21(25)23-19)20(24)17-7-5-4-6-8-17/h4-13,19H,1-3H3,(H2,22,23,25). The van der Waals surface area contributed by atoms with Gasteiger partial charge in [-0.3, -0.25) is 4.79 Å². The predicted octanol–water partition coefficient (Wildman–Crippen LogP) is 4.32. The first-order valence-corrected chi connectivity index (χ1v) is 8.45. The Bertz CT molecular complexity index is 821. The van der Waals surface area contributed by atoms with E-state index in [-0.39, 0.29) is 11.8 Å². The second kappa shape index (κ2) is 6.93. The molecule has 0 aliphatic carbocycles. The molecule has 2 N–H and O–H groups in total. The summed E-state index contributed by atoms with van der Waals surface area (Å²) in [5, 5.41) is 5.60. The normalized spacial score (nSPS) is 17.3. The van der Waals surface area contributed by atoms with Crippen molar-refractivity contribution in [3.63, 3.8) is 0 Å². The molecule has 1 aliphatic rings. The summed E-state index contributed by atoms with van der Waals surface area (Å²) in [6, 6.07) is 16.4. The third-order valence-electron chi connectivity index (χ3n) is 4.49. The van der Waals surface area contributed by atoms with Crippen molar-refractivity contribution in [1.29, 1.82) is 0 Å². The molecule has 0 saturated carbocycles. The third kappa shape index (κ3) is 3.48. The predicted molar refractivity (Wildman–Crippen MR) is 98.4 cm³/mol. The lowest BCUT2D eigenvalue weighted by atomic mass is 9.88. The van der Waals surface area contributed by atoms with Crippen LogP contribution in [0.2, 0.25) is 0 Å². The molecule has 1 aliphatic heterocycles. The fraction of sp³-hybridized carbons (Fsp3) is 0.238. The minimum absolute atomic E-state index is 0.0801. The summed E-state index contributed by atoms with van der Waals surface area (Å²) < 4.78 is 0. The zero-order valence-electron chi connectivity index (χ0n) is 14.7. The molecule has 1 atom stereocenters. The SMILES string of the molecule is CC1=C(C(=O)c2ccccc2)C(c2ccc(C(C)C)cc2)NC(=O)N1. The molecular weight excluding hydrogens is 312 g/mol. The van der Waals surface area contributed by atoms with E-state index in [4.69, 9.17) is 0 Å². The zero-order valence-corrected chi connectivity index (χ0v) is 14.7. The van der Waals surface area contributed by atoms with Gasteiger partial charge in [0.05, 0.1) is 6.04 Å². The number of carbonyl (C=O) groups is 2. The van der Waals surface area contributed by atoms with Crippen molar-refractivity contribution in [1.82, 2.24) is 10.6 Å². The number of carbonyl (C=O) groups excluding carboxylic acids is 2. The van der Waals surface area contributed by atoms with Crippen molar-refractivity contribution >= 4 is 11.8 Å². The molecule has 0 saturated heterocycles. The van der Waals surface area contributed by atoms with Gasteiger partial charge in [-0.2, -0.15) is 0 Å². The first kappa shape index (κ1) is 17.0. The topological polar surface area (TPSA) is 58.2 Å². The summed E-state index contributed by atoms with van der Waals surface area (Å²) in [6.07, 6.45) is 0. The molecule has 3 rings (SSSR count). The van der Waals surface area contributed by atoms with Crippen LogP contribution in [0, 0.1) is 0 Å². The van der Waals surface area contributed by atoms with Crippen LogP contribution >= 0.6 is 0 Å². The number of allylic oxidation sites excluding steroid dienone is 1. The maximum absolute atomic E-state index is 13.0. The summed E-state index contributed by atoms with van der Waals surface area (Å²) in [6.45, 7) is 6.04. The number of urea groups is 1. The highest BCUT2D eigenvalue weighted by Crippen LogP contribution is 2.30. The van der Waals surface area contributed by atoms with E-state index in [1.54, 1.807) is 19.1 Å². The van der Waals surface area contributed by atoms with Crippen LogP contribution in [0.25, 0.3) is 0 Å². The first-order valence-electron chi connectivity index (χ1n) is 8.45. The first-order chi connectivity index (χ1) is 12.0. The summed E-state index contributed by atoms with van der Waals surface area (Å²) in [5.41, 5.74) is 3.90. The van der Waals surface area contributed by atoms with Crippen molar-refractivity contribution in [3.05, 3.63) is 82.6 Å². The minimum atomic E-state index is -0.456. The summed E-state index contributed by atoms with van der Waals surface area (Å²) in [7, 11) is 0. The quantitative estimate of drug-likeness (QED) is 0.818. The Morgan fingerprint density at radius 1 is 1.00 bits per heavy atom. The Labute approximate surface area is 148 Å². The van der Waals surface area contributed by atoms with Crippen LogP contribution < -0.4 is 10.6 Å². The lowest BCUT2D eigenvalue weighted by Gasteiger charge is -2.29. The number of amides is 2. The number of benzene rings is 2. The number of ketones is 1. The van der Waals surface area contributed by atoms with Crippen molar-refractivity contribution in [2.45, 2.75) is 32.7 Å². The van der Waals surface area contributed by atoms with Crippen LogP contribution in [0.3, 0.4) is 0 Å². The highest BCUT2D eigenvalue weighted by molar-refractivity contribution is 6.11. The van der Waals surface area contributed by atoms with Gasteiger partial charge < -0.3 is 10.6 Å². The second-order valence-electron chi connectivity index (χ2n) is 6.59. The van der Waals surface area contributed by atoms with E-state index in [9.17, 15) is 9.59 Å². The molecule has 4 nitrogen and oxygen atoms in total. The van der Waals surface area contributed by atoms with E-state index in [0.717, 1.165) is 5.56 Å². The van der Waals surface area contributed by atoms with E-state index in [1.807, 2.05) is 42.5 Å². The van der Waals surface area contributed by atoms with Gasteiger partial charge in [0.15, 0.2) is 5.78 Å². The Morgan fingerprint density at radius 2 is 1.64 bits per heavy atom. The molecule has 2 amide bonds. The van der Waals surface area contributed by atoms with Crippen molar-refractivity contribution in [2.75, 3.05) is 0 Å². The lowest BCUT2D eigenvalue weighted by molar-refractivity contribution is 0.102. The Hall–Kier alpha value is -2.88. The average Bonchev–Trinajstić information content (AvgIpc) is 2.61. The van der Waals surface area contributed by atoms with Gasteiger partial charge in [0.25, 0.3) is 0 Å². The molecule has 0 spiro atoms. The minimum Gasteiger partial charge on any atom is -0.327 e. The number of hydrogen-bond donors (Lipinski definition) is 2. The van der Waals surface area contributed by atoms with Gasteiger partial charge in [-0.25, -0.2) is 4.79 Å². The van der Waals surface area contributed by atoms with Gasteiger partial charge in [-0.1, -0.05) is 68.4 Å². The summed E-state index contributed by atoms with van der Waals surface area (Å²) >= 11 is 0. The molecule has 0 bridgehead atoms. The number of hydrogen-bond acceptors (Lipinski definition) is 2. The number of rotatable bonds is 4. The molecule has 0 aromatic heterocycles. The van der Waals surface area contributed by atoms with Gasteiger partial charge in [0.2, 0.25) is 0 Å². The highest BCUT2D eigenvalue weighted by Gasteiger charge is 2.31. The molecule has 0 radical (unpaired) electrons. The number of nitrogens with one attached hydrogen (secondary N) is 2. The summed E-state index contributed by atoms with van der Waals surface area (Å²) in [4.78, 5) is 25.0. The average molecular weight is 334 g/mol. The van der Waals surface area contributed by atoms with E-state index in [2.05, 4.69) is 24.5 Å². The van der Waals surface area contributed by atoms with Crippen molar-refractivity contribution in [2.24, 2.45) is 0 Å². The molecule has 4 heteroatoms. The molecule has 1 unspecified atom stereocenters. The maximum Gasteiger partial charge on any atom is 0.319 e. The van der Waals surface area contributed by atoms with E-state index < -0.39 is 6.04 Å². The molecule has 25 heavy (non-hydrogen) atoms. The van der Waals surface area contributed by atoms with Crippen molar-refractivity contribution in [3.8, 4) is 0 Å². The highest BCUT2D eigenvalue weighted by atomic mass is 16.2. The van der Waals surface area contributed by atoms with Crippen LogP contribution in [-0.2, 0) is 0 Å². The van der Waals surface area contributed by atoms with E-state index in [0.29, 0.717) is 22.8 Å². The Morgan fingerprint density at radius 3 is 2.24 bits per heavy atom. The van der Waals surface area contributed by atoms with Gasteiger partial charge in [-0.15, -0.1) is 0 Å². The van der Waals surface area contributed by atoms with Crippen LogP contribution in [0.1, 0.15) is 54.2 Å². The van der Waals surface area contributed by atoms with Crippen LogP contribution in [0.5, 0.6) is 0 Å². The maximum atomic E-state index is 13.0. The molecule has 1 heterocycles. The van der Waals surface area contributed by atoms with E-state index >= 15 is 0 Å². The number of Topliss-reactive ketones (excluding diaryl/α,β-unsaturated/α-hetero) is 1. The van der Waals surface area contributed by atoms with Crippen LogP contribution in [0.4, 0.5) is 4.79 Å². The van der Waals surface area contributed by atoms with Gasteiger partial charge in [0, 0.05) is 16.8 Å². The zero-order chi connectivity index (χ0) is 18.0. The monoisotopic (exact) mass is 334 g/mol. The van der Waals surface area contributed by atoms with Gasteiger partial charge >= 0.3 is 6.03 Å². The molecule has 2 aromatic carbocycles. The van der Waals surface area contributed by atoms with Gasteiger partial charge in [-0.05, 0) is 24.0 Å². The van der Waals surface area contributed by atoms with Crippen LogP contribution in [-0.4, -0.2) is 11.8 Å². The largest absolute Gasteiger partial charge is 0.327 e. The Balaban J connectivity index is 2.02. The molecule has 2 aromatic rings. The second-order valence-corrected chi connectivity index (χ2v) is 6.59. The third-order valence-corrected chi connectivity index (χ3v) is 4.49.